The molecule has 3 aromatic rings. The van der Waals surface area contributed by atoms with Gasteiger partial charge in [-0.3, -0.25) is 9.88 Å². The van der Waals surface area contributed by atoms with E-state index < -0.39 is 0 Å². The van der Waals surface area contributed by atoms with Gasteiger partial charge >= 0.3 is 0 Å². The number of fused-ring (bicyclic) bond motifs is 1. The molecule has 5 rings (SSSR count). The van der Waals surface area contributed by atoms with Crippen LogP contribution in [0.3, 0.4) is 0 Å². The zero-order valence-corrected chi connectivity index (χ0v) is 15.1. The maximum Gasteiger partial charge on any atom is 0.132 e. The second-order valence-corrected chi connectivity index (χ2v) is 7.47. The molecule has 0 saturated heterocycles. The van der Waals surface area contributed by atoms with Gasteiger partial charge in [-0.05, 0) is 36.6 Å². The Morgan fingerprint density at radius 1 is 1.04 bits per heavy atom. The summed E-state index contributed by atoms with van der Waals surface area (Å²) in [5.41, 5.74) is 4.80. The molecule has 1 aliphatic heterocycles. The molecule has 3 heterocycles. The van der Waals surface area contributed by atoms with Crippen LogP contribution in [-0.2, 0) is 19.5 Å². The second-order valence-electron chi connectivity index (χ2n) is 7.47. The van der Waals surface area contributed by atoms with Crippen molar-refractivity contribution >= 4 is 0 Å². The lowest BCUT2D eigenvalue weighted by molar-refractivity contribution is 0.242. The fourth-order valence-electron chi connectivity index (χ4n) is 3.67. The maximum atomic E-state index is 13.9. The maximum absolute atomic E-state index is 13.9. The highest BCUT2D eigenvalue weighted by molar-refractivity contribution is 5.59. The fourth-order valence-corrected chi connectivity index (χ4v) is 3.67. The van der Waals surface area contributed by atoms with Crippen molar-refractivity contribution in [3.63, 3.8) is 0 Å². The molecule has 0 spiro atoms. The molecular formula is C22H21FN4. The standard InChI is InChI=1S/C22H21FN4/c23-19-4-2-1-3-18(19)21-8-5-15(11-24-21)13-27-10-9-20-17(14-27)12-25-22(26-20)16-6-7-16/h1-5,8,11-12,16H,6-7,9-10,13-14H2. The Labute approximate surface area is 158 Å². The largest absolute Gasteiger partial charge is 0.294 e. The molecule has 1 saturated carbocycles. The smallest absolute Gasteiger partial charge is 0.132 e. The van der Waals surface area contributed by atoms with Crippen LogP contribution in [0.15, 0.2) is 48.8 Å². The molecule has 1 aliphatic carbocycles. The molecule has 5 heteroatoms. The molecular weight excluding hydrogens is 339 g/mol. The van der Waals surface area contributed by atoms with E-state index in [2.05, 4.69) is 14.9 Å². The SMILES string of the molecule is Fc1ccccc1-c1ccc(CN2CCc3nc(C4CC4)ncc3C2)cn1. The van der Waals surface area contributed by atoms with E-state index in [4.69, 9.17) is 4.98 Å². The Kier molecular flexibility index (Phi) is 4.17. The Morgan fingerprint density at radius 3 is 2.70 bits per heavy atom. The van der Waals surface area contributed by atoms with E-state index in [1.807, 2.05) is 30.6 Å². The summed E-state index contributed by atoms with van der Waals surface area (Å²) in [5, 5.41) is 0. The summed E-state index contributed by atoms with van der Waals surface area (Å²) < 4.78 is 13.9. The molecule has 2 aromatic heterocycles. The quantitative estimate of drug-likeness (QED) is 0.702. The van der Waals surface area contributed by atoms with Crippen LogP contribution < -0.4 is 0 Å². The summed E-state index contributed by atoms with van der Waals surface area (Å²) in [4.78, 5) is 16.2. The molecule has 0 bridgehead atoms. The fraction of sp³-hybridized carbons (Fsp3) is 0.318. The van der Waals surface area contributed by atoms with Crippen LogP contribution in [0.5, 0.6) is 0 Å². The summed E-state index contributed by atoms with van der Waals surface area (Å²) in [6.07, 6.45) is 7.31. The first-order chi connectivity index (χ1) is 13.3. The van der Waals surface area contributed by atoms with Crippen molar-refractivity contribution in [1.29, 1.82) is 0 Å². The minimum atomic E-state index is -0.240. The Balaban J connectivity index is 1.28. The first-order valence-corrected chi connectivity index (χ1v) is 9.53. The van der Waals surface area contributed by atoms with Crippen LogP contribution in [0.2, 0.25) is 0 Å². The van der Waals surface area contributed by atoms with Gasteiger partial charge in [0.25, 0.3) is 0 Å². The van der Waals surface area contributed by atoms with Crippen molar-refractivity contribution in [3.05, 3.63) is 77.3 Å². The first-order valence-electron chi connectivity index (χ1n) is 9.53. The van der Waals surface area contributed by atoms with Crippen LogP contribution in [0.25, 0.3) is 11.3 Å². The third-order valence-corrected chi connectivity index (χ3v) is 5.35. The second kappa shape index (κ2) is 6.82. The van der Waals surface area contributed by atoms with E-state index >= 15 is 0 Å². The number of aromatic nitrogens is 3. The Morgan fingerprint density at radius 2 is 1.93 bits per heavy atom. The monoisotopic (exact) mass is 360 g/mol. The molecule has 0 N–H and O–H groups in total. The van der Waals surface area contributed by atoms with E-state index in [0.29, 0.717) is 17.2 Å². The van der Waals surface area contributed by atoms with Crippen molar-refractivity contribution in [2.45, 2.75) is 38.3 Å². The summed E-state index contributed by atoms with van der Waals surface area (Å²) >= 11 is 0. The van der Waals surface area contributed by atoms with E-state index in [9.17, 15) is 4.39 Å². The molecule has 0 amide bonds. The van der Waals surface area contributed by atoms with E-state index in [-0.39, 0.29) is 5.82 Å². The van der Waals surface area contributed by atoms with Crippen LogP contribution in [0.1, 0.15) is 41.4 Å². The van der Waals surface area contributed by atoms with E-state index in [1.165, 1.54) is 30.2 Å². The molecule has 27 heavy (non-hydrogen) atoms. The van der Waals surface area contributed by atoms with Gasteiger partial charge < -0.3 is 0 Å². The molecule has 0 atom stereocenters. The summed E-state index contributed by atoms with van der Waals surface area (Å²) in [7, 11) is 0. The number of hydrogen-bond acceptors (Lipinski definition) is 4. The lowest BCUT2D eigenvalue weighted by atomic mass is 10.1. The van der Waals surface area contributed by atoms with Crippen molar-refractivity contribution in [2.24, 2.45) is 0 Å². The van der Waals surface area contributed by atoms with Gasteiger partial charge in [0.1, 0.15) is 11.6 Å². The molecule has 2 aliphatic rings. The first kappa shape index (κ1) is 16.5. The molecule has 0 radical (unpaired) electrons. The van der Waals surface area contributed by atoms with E-state index in [1.54, 1.807) is 12.1 Å². The number of pyridine rings is 1. The lowest BCUT2D eigenvalue weighted by Crippen LogP contribution is -2.31. The van der Waals surface area contributed by atoms with Gasteiger partial charge in [0.15, 0.2) is 0 Å². The predicted octanol–water partition coefficient (Wildman–Crippen LogP) is 4.11. The molecule has 1 aromatic carbocycles. The number of benzene rings is 1. The highest BCUT2D eigenvalue weighted by Gasteiger charge is 2.28. The highest BCUT2D eigenvalue weighted by Crippen LogP contribution is 2.38. The van der Waals surface area contributed by atoms with Crippen molar-refractivity contribution in [2.75, 3.05) is 6.54 Å². The number of rotatable bonds is 4. The van der Waals surface area contributed by atoms with Gasteiger partial charge in [-0.2, -0.15) is 0 Å². The minimum absolute atomic E-state index is 0.240. The third-order valence-electron chi connectivity index (χ3n) is 5.35. The number of hydrogen-bond donors (Lipinski definition) is 0. The van der Waals surface area contributed by atoms with Gasteiger partial charge in [0.05, 0.1) is 5.69 Å². The summed E-state index contributed by atoms with van der Waals surface area (Å²) in [6, 6.07) is 10.7. The third kappa shape index (κ3) is 3.47. The van der Waals surface area contributed by atoms with Gasteiger partial charge in [-0.15, -0.1) is 0 Å². The Hall–Kier alpha value is -2.66. The topological polar surface area (TPSA) is 41.9 Å². The number of nitrogens with zero attached hydrogens (tertiary/aromatic N) is 4. The minimum Gasteiger partial charge on any atom is -0.294 e. The molecule has 4 nitrogen and oxygen atoms in total. The number of halogens is 1. The summed E-state index contributed by atoms with van der Waals surface area (Å²) in [6.45, 7) is 2.69. The van der Waals surface area contributed by atoms with Crippen LogP contribution in [0, 0.1) is 5.82 Å². The highest BCUT2D eigenvalue weighted by atomic mass is 19.1. The van der Waals surface area contributed by atoms with Crippen LogP contribution in [0.4, 0.5) is 4.39 Å². The van der Waals surface area contributed by atoms with Crippen LogP contribution in [-0.4, -0.2) is 26.4 Å². The molecule has 136 valence electrons. The van der Waals surface area contributed by atoms with Crippen molar-refractivity contribution in [1.82, 2.24) is 19.9 Å². The summed E-state index contributed by atoms with van der Waals surface area (Å²) in [5.74, 6) is 1.40. The lowest BCUT2D eigenvalue weighted by Gasteiger charge is -2.28. The van der Waals surface area contributed by atoms with Crippen molar-refractivity contribution < 1.29 is 4.39 Å². The molecule has 0 unspecified atom stereocenters. The average molecular weight is 360 g/mol. The van der Waals surface area contributed by atoms with Crippen molar-refractivity contribution in [3.8, 4) is 11.3 Å². The van der Waals surface area contributed by atoms with Gasteiger partial charge in [0, 0.05) is 61.2 Å². The van der Waals surface area contributed by atoms with Gasteiger partial charge in [0.2, 0.25) is 0 Å². The average Bonchev–Trinajstić information content (AvgIpc) is 3.54. The van der Waals surface area contributed by atoms with Gasteiger partial charge in [-0.25, -0.2) is 14.4 Å². The van der Waals surface area contributed by atoms with Gasteiger partial charge in [-0.1, -0.05) is 18.2 Å². The zero-order valence-electron chi connectivity index (χ0n) is 15.1. The zero-order chi connectivity index (χ0) is 18.2. The van der Waals surface area contributed by atoms with E-state index in [0.717, 1.165) is 37.4 Å². The molecule has 1 fully saturated rings. The predicted molar refractivity (Wildman–Crippen MR) is 101 cm³/mol. The van der Waals surface area contributed by atoms with Crippen LogP contribution >= 0.6 is 0 Å². The Bertz CT molecular complexity index is 966. The normalized spacial score (nSPS) is 16.9.